The highest BCUT2D eigenvalue weighted by atomic mass is 14.8. The SMILES string of the molecule is C/C=C\C=C/CN/C=C/CCN. The summed E-state index contributed by atoms with van der Waals surface area (Å²) in [5, 5.41) is 3.12. The Kier molecular flexibility index (Phi) is 9.13. The second-order valence-corrected chi connectivity index (χ2v) is 2.34. The second-order valence-electron chi connectivity index (χ2n) is 2.34. The van der Waals surface area contributed by atoms with Gasteiger partial charge in [0.1, 0.15) is 0 Å². The first kappa shape index (κ1) is 11.0. The topological polar surface area (TPSA) is 38.0 Å². The first-order valence-corrected chi connectivity index (χ1v) is 4.28. The van der Waals surface area contributed by atoms with Crippen LogP contribution in [0, 0.1) is 0 Å². The summed E-state index contributed by atoms with van der Waals surface area (Å²) < 4.78 is 0. The summed E-state index contributed by atoms with van der Waals surface area (Å²) in [5.41, 5.74) is 5.31. The Morgan fingerprint density at radius 3 is 2.75 bits per heavy atom. The Bertz CT molecular complexity index is 157. The highest BCUT2D eigenvalue weighted by Gasteiger charge is 1.72. The van der Waals surface area contributed by atoms with Gasteiger partial charge in [0.15, 0.2) is 0 Å². The van der Waals surface area contributed by atoms with Crippen molar-refractivity contribution < 1.29 is 0 Å². The van der Waals surface area contributed by atoms with Gasteiger partial charge in [0.2, 0.25) is 0 Å². The molecule has 0 aromatic carbocycles. The summed E-state index contributed by atoms with van der Waals surface area (Å²) in [5.74, 6) is 0. The second kappa shape index (κ2) is 9.98. The Hall–Kier alpha value is -1.02. The van der Waals surface area contributed by atoms with Crippen LogP contribution in [0.1, 0.15) is 13.3 Å². The van der Waals surface area contributed by atoms with Gasteiger partial charge >= 0.3 is 0 Å². The van der Waals surface area contributed by atoms with E-state index in [1.807, 2.05) is 37.4 Å². The van der Waals surface area contributed by atoms with Gasteiger partial charge in [-0.05, 0) is 26.1 Å². The minimum absolute atomic E-state index is 0.715. The van der Waals surface area contributed by atoms with E-state index < -0.39 is 0 Å². The van der Waals surface area contributed by atoms with Gasteiger partial charge in [-0.25, -0.2) is 0 Å². The lowest BCUT2D eigenvalue weighted by molar-refractivity contribution is 0.948. The summed E-state index contributed by atoms with van der Waals surface area (Å²) in [6, 6.07) is 0. The molecule has 0 spiro atoms. The zero-order chi connectivity index (χ0) is 9.07. The molecule has 0 aliphatic carbocycles. The van der Waals surface area contributed by atoms with Crippen molar-refractivity contribution in [2.75, 3.05) is 13.1 Å². The molecule has 0 saturated heterocycles. The molecule has 2 nitrogen and oxygen atoms in total. The van der Waals surface area contributed by atoms with Crippen molar-refractivity contribution in [3.8, 4) is 0 Å². The lowest BCUT2D eigenvalue weighted by Crippen LogP contribution is -2.04. The van der Waals surface area contributed by atoms with Crippen molar-refractivity contribution >= 4 is 0 Å². The van der Waals surface area contributed by atoms with Crippen LogP contribution >= 0.6 is 0 Å². The molecular weight excluding hydrogens is 148 g/mol. The monoisotopic (exact) mass is 166 g/mol. The maximum Gasteiger partial charge on any atom is 0.0328 e. The third-order valence-corrected chi connectivity index (χ3v) is 1.24. The number of allylic oxidation sites excluding steroid dienone is 3. The van der Waals surface area contributed by atoms with Crippen LogP contribution in [0.2, 0.25) is 0 Å². The number of nitrogens with one attached hydrogen (secondary N) is 1. The van der Waals surface area contributed by atoms with Gasteiger partial charge < -0.3 is 11.1 Å². The predicted molar refractivity (Wildman–Crippen MR) is 54.8 cm³/mol. The highest BCUT2D eigenvalue weighted by molar-refractivity contribution is 5.02. The predicted octanol–water partition coefficient (Wildman–Crippen LogP) is 1.57. The lowest BCUT2D eigenvalue weighted by atomic mass is 10.4. The molecule has 0 rings (SSSR count). The zero-order valence-corrected chi connectivity index (χ0v) is 7.66. The summed E-state index contributed by atoms with van der Waals surface area (Å²) >= 11 is 0. The zero-order valence-electron chi connectivity index (χ0n) is 7.66. The van der Waals surface area contributed by atoms with E-state index in [4.69, 9.17) is 5.73 Å². The van der Waals surface area contributed by atoms with Gasteiger partial charge in [-0.3, -0.25) is 0 Å². The fourth-order valence-corrected chi connectivity index (χ4v) is 0.657. The Labute approximate surface area is 74.8 Å². The average molecular weight is 166 g/mol. The highest BCUT2D eigenvalue weighted by Crippen LogP contribution is 1.77. The number of hydrogen-bond acceptors (Lipinski definition) is 2. The van der Waals surface area contributed by atoms with E-state index in [0.717, 1.165) is 13.0 Å². The minimum atomic E-state index is 0.715. The van der Waals surface area contributed by atoms with Crippen molar-refractivity contribution in [2.24, 2.45) is 5.73 Å². The molecule has 0 fully saturated rings. The quantitative estimate of drug-likeness (QED) is 0.464. The molecule has 0 unspecified atom stereocenters. The molecular formula is C10H18N2. The molecule has 0 heterocycles. The molecule has 0 bridgehead atoms. The van der Waals surface area contributed by atoms with Crippen molar-refractivity contribution in [2.45, 2.75) is 13.3 Å². The standard InChI is InChI=1S/C10H18N2/c1-2-3-4-6-9-12-10-7-5-8-11/h2-4,6-7,10,12H,5,8-9,11H2,1H3/b3-2-,6-4-,10-7+. The van der Waals surface area contributed by atoms with Crippen LogP contribution < -0.4 is 11.1 Å². The largest absolute Gasteiger partial charge is 0.388 e. The average Bonchev–Trinajstić information content (AvgIpc) is 2.10. The third-order valence-electron chi connectivity index (χ3n) is 1.24. The van der Waals surface area contributed by atoms with Crippen LogP contribution in [0.4, 0.5) is 0 Å². The maximum absolute atomic E-state index is 5.31. The maximum atomic E-state index is 5.31. The Balaban J connectivity index is 3.20. The normalized spacial score (nSPS) is 12.2. The Morgan fingerprint density at radius 2 is 2.08 bits per heavy atom. The van der Waals surface area contributed by atoms with Gasteiger partial charge in [0, 0.05) is 6.54 Å². The van der Waals surface area contributed by atoms with Crippen LogP contribution in [-0.4, -0.2) is 13.1 Å². The molecule has 0 aromatic rings. The molecule has 0 aromatic heterocycles. The van der Waals surface area contributed by atoms with E-state index in [-0.39, 0.29) is 0 Å². The third kappa shape index (κ3) is 8.98. The van der Waals surface area contributed by atoms with E-state index >= 15 is 0 Å². The van der Waals surface area contributed by atoms with Crippen LogP contribution in [-0.2, 0) is 0 Å². The summed E-state index contributed by atoms with van der Waals surface area (Å²) in [6.07, 6.45) is 13.0. The van der Waals surface area contributed by atoms with E-state index in [2.05, 4.69) is 11.4 Å². The van der Waals surface area contributed by atoms with Crippen molar-refractivity contribution in [1.29, 1.82) is 0 Å². The molecule has 0 saturated carbocycles. The fourth-order valence-electron chi connectivity index (χ4n) is 0.657. The van der Waals surface area contributed by atoms with Crippen LogP contribution in [0.25, 0.3) is 0 Å². The Morgan fingerprint density at radius 1 is 1.25 bits per heavy atom. The fraction of sp³-hybridized carbons (Fsp3) is 0.400. The molecule has 68 valence electrons. The molecule has 0 radical (unpaired) electrons. The van der Waals surface area contributed by atoms with E-state index in [0.29, 0.717) is 6.54 Å². The molecule has 0 aliphatic heterocycles. The lowest BCUT2D eigenvalue weighted by Gasteiger charge is -1.91. The first-order valence-electron chi connectivity index (χ1n) is 4.28. The smallest absolute Gasteiger partial charge is 0.0328 e. The summed E-state index contributed by atoms with van der Waals surface area (Å²) in [7, 11) is 0. The van der Waals surface area contributed by atoms with Gasteiger partial charge in [0.05, 0.1) is 0 Å². The van der Waals surface area contributed by atoms with Crippen molar-refractivity contribution in [3.63, 3.8) is 0 Å². The first-order chi connectivity index (χ1) is 5.91. The number of nitrogens with two attached hydrogens (primary N) is 1. The van der Waals surface area contributed by atoms with E-state index in [9.17, 15) is 0 Å². The molecule has 12 heavy (non-hydrogen) atoms. The molecule has 0 amide bonds. The van der Waals surface area contributed by atoms with Crippen molar-refractivity contribution in [1.82, 2.24) is 5.32 Å². The number of rotatable bonds is 6. The van der Waals surface area contributed by atoms with Crippen LogP contribution in [0.5, 0.6) is 0 Å². The van der Waals surface area contributed by atoms with Gasteiger partial charge in [0.25, 0.3) is 0 Å². The van der Waals surface area contributed by atoms with Crippen LogP contribution in [0.15, 0.2) is 36.6 Å². The summed E-state index contributed by atoms with van der Waals surface area (Å²) in [4.78, 5) is 0. The summed E-state index contributed by atoms with van der Waals surface area (Å²) in [6.45, 7) is 3.58. The van der Waals surface area contributed by atoms with Crippen molar-refractivity contribution in [3.05, 3.63) is 36.6 Å². The molecule has 2 heteroatoms. The van der Waals surface area contributed by atoms with Gasteiger partial charge in [-0.15, -0.1) is 0 Å². The minimum Gasteiger partial charge on any atom is -0.388 e. The van der Waals surface area contributed by atoms with E-state index in [1.165, 1.54) is 0 Å². The van der Waals surface area contributed by atoms with Gasteiger partial charge in [-0.1, -0.05) is 30.4 Å². The number of hydrogen-bond donors (Lipinski definition) is 2. The molecule has 3 N–H and O–H groups in total. The molecule has 0 atom stereocenters. The van der Waals surface area contributed by atoms with E-state index in [1.54, 1.807) is 0 Å². The molecule has 0 aliphatic rings. The van der Waals surface area contributed by atoms with Crippen LogP contribution in [0.3, 0.4) is 0 Å². The van der Waals surface area contributed by atoms with Gasteiger partial charge in [-0.2, -0.15) is 0 Å².